The van der Waals surface area contributed by atoms with E-state index in [1.807, 2.05) is 24.3 Å². The van der Waals surface area contributed by atoms with Crippen LogP contribution in [-0.4, -0.2) is 46.6 Å². The standard InChI is InChI=1S/C15H22N2OS2/c1-11-9-17(10-12(2)20-11)7-8-18-14-6-4-3-5-13(14)15(16)19/h3-6,11-12H,7-10H2,1-2H3,(H2,16,19). The van der Waals surface area contributed by atoms with Crippen LogP contribution in [-0.2, 0) is 0 Å². The Morgan fingerprint density at radius 2 is 2.00 bits per heavy atom. The minimum absolute atomic E-state index is 0.386. The van der Waals surface area contributed by atoms with Crippen LogP contribution in [0, 0.1) is 0 Å². The van der Waals surface area contributed by atoms with Crippen molar-refractivity contribution in [1.82, 2.24) is 4.90 Å². The first kappa shape index (κ1) is 15.6. The zero-order valence-electron chi connectivity index (χ0n) is 12.0. The summed E-state index contributed by atoms with van der Waals surface area (Å²) in [6.07, 6.45) is 0. The summed E-state index contributed by atoms with van der Waals surface area (Å²) in [5.74, 6) is 0.785. The van der Waals surface area contributed by atoms with E-state index in [2.05, 4.69) is 30.5 Å². The van der Waals surface area contributed by atoms with Crippen LogP contribution in [0.4, 0.5) is 0 Å². The molecule has 0 radical (unpaired) electrons. The minimum atomic E-state index is 0.386. The third-order valence-electron chi connectivity index (χ3n) is 3.31. The van der Waals surface area contributed by atoms with Gasteiger partial charge in [0.05, 0.1) is 5.56 Å². The number of thiocarbonyl (C=S) groups is 1. The van der Waals surface area contributed by atoms with Gasteiger partial charge in [0.1, 0.15) is 17.3 Å². The van der Waals surface area contributed by atoms with Gasteiger partial charge in [-0.1, -0.05) is 38.2 Å². The molecule has 1 heterocycles. The highest BCUT2D eigenvalue weighted by Gasteiger charge is 2.21. The van der Waals surface area contributed by atoms with Crippen LogP contribution in [0.5, 0.6) is 5.75 Å². The molecule has 2 atom stereocenters. The van der Waals surface area contributed by atoms with E-state index in [9.17, 15) is 0 Å². The Morgan fingerprint density at radius 1 is 1.35 bits per heavy atom. The molecule has 0 aromatic heterocycles. The molecule has 0 bridgehead atoms. The lowest BCUT2D eigenvalue weighted by Gasteiger charge is -2.34. The topological polar surface area (TPSA) is 38.5 Å². The Hall–Kier alpha value is -0.780. The second-order valence-electron chi connectivity index (χ2n) is 5.23. The van der Waals surface area contributed by atoms with Gasteiger partial charge in [0.25, 0.3) is 0 Å². The smallest absolute Gasteiger partial charge is 0.129 e. The predicted molar refractivity (Wildman–Crippen MR) is 90.8 cm³/mol. The normalized spacial score (nSPS) is 23.5. The van der Waals surface area contributed by atoms with Crippen molar-refractivity contribution in [1.29, 1.82) is 0 Å². The highest BCUT2D eigenvalue weighted by atomic mass is 32.2. The molecule has 0 aliphatic carbocycles. The number of benzene rings is 1. The SMILES string of the molecule is CC1CN(CCOc2ccccc2C(N)=S)CC(C)S1. The lowest BCUT2D eigenvalue weighted by atomic mass is 10.2. The predicted octanol–water partition coefficient (Wildman–Crippen LogP) is 2.53. The highest BCUT2D eigenvalue weighted by Crippen LogP contribution is 2.24. The number of nitrogens with zero attached hydrogens (tertiary/aromatic N) is 1. The second kappa shape index (κ2) is 7.29. The van der Waals surface area contributed by atoms with Crippen molar-refractivity contribution in [2.24, 2.45) is 5.73 Å². The molecule has 1 aliphatic rings. The van der Waals surface area contributed by atoms with Crippen LogP contribution in [0.1, 0.15) is 19.4 Å². The third-order valence-corrected chi connectivity index (χ3v) is 4.76. The summed E-state index contributed by atoms with van der Waals surface area (Å²) >= 11 is 7.11. The largest absolute Gasteiger partial charge is 0.492 e. The van der Waals surface area contributed by atoms with Gasteiger partial charge >= 0.3 is 0 Å². The third kappa shape index (κ3) is 4.36. The van der Waals surface area contributed by atoms with Gasteiger partial charge in [0.15, 0.2) is 0 Å². The average Bonchev–Trinajstić information content (AvgIpc) is 2.38. The number of hydrogen-bond donors (Lipinski definition) is 1. The molecule has 20 heavy (non-hydrogen) atoms. The summed E-state index contributed by atoms with van der Waals surface area (Å²) in [4.78, 5) is 2.85. The van der Waals surface area contributed by atoms with Crippen LogP contribution in [0.15, 0.2) is 24.3 Å². The summed E-state index contributed by atoms with van der Waals surface area (Å²) in [6, 6.07) is 7.69. The van der Waals surface area contributed by atoms with Crippen molar-refractivity contribution >= 4 is 29.0 Å². The van der Waals surface area contributed by atoms with Gasteiger partial charge < -0.3 is 10.5 Å². The number of para-hydroxylation sites is 1. The molecule has 1 fully saturated rings. The Balaban J connectivity index is 1.85. The van der Waals surface area contributed by atoms with Crippen LogP contribution in [0.3, 0.4) is 0 Å². The molecule has 5 heteroatoms. The molecule has 3 nitrogen and oxygen atoms in total. The first-order chi connectivity index (χ1) is 9.56. The fraction of sp³-hybridized carbons (Fsp3) is 0.533. The van der Waals surface area contributed by atoms with E-state index in [1.165, 1.54) is 0 Å². The number of ether oxygens (including phenoxy) is 1. The monoisotopic (exact) mass is 310 g/mol. The zero-order chi connectivity index (χ0) is 14.5. The Kier molecular flexibility index (Phi) is 5.69. The van der Waals surface area contributed by atoms with Gasteiger partial charge in [0, 0.05) is 30.1 Å². The molecule has 1 aromatic carbocycles. The first-order valence-electron chi connectivity index (χ1n) is 6.95. The molecule has 0 saturated carbocycles. The number of rotatable bonds is 5. The van der Waals surface area contributed by atoms with Crippen molar-refractivity contribution in [2.75, 3.05) is 26.2 Å². The molecular formula is C15H22N2OS2. The summed E-state index contributed by atoms with van der Waals surface area (Å²) in [5, 5.41) is 1.39. The Bertz CT molecular complexity index is 457. The lowest BCUT2D eigenvalue weighted by Crippen LogP contribution is -2.42. The molecule has 110 valence electrons. The Morgan fingerprint density at radius 3 is 2.65 bits per heavy atom. The molecule has 2 rings (SSSR count). The van der Waals surface area contributed by atoms with Gasteiger partial charge in [-0.3, -0.25) is 4.90 Å². The maximum atomic E-state index is 5.86. The fourth-order valence-electron chi connectivity index (χ4n) is 2.55. The van der Waals surface area contributed by atoms with Crippen molar-refractivity contribution in [2.45, 2.75) is 24.3 Å². The van der Waals surface area contributed by atoms with Gasteiger partial charge in [-0.2, -0.15) is 11.8 Å². The van der Waals surface area contributed by atoms with E-state index in [-0.39, 0.29) is 0 Å². The first-order valence-corrected chi connectivity index (χ1v) is 8.31. The number of hydrogen-bond acceptors (Lipinski definition) is 4. The molecular weight excluding hydrogens is 288 g/mol. The van der Waals surface area contributed by atoms with Gasteiger partial charge in [-0.05, 0) is 12.1 Å². The van der Waals surface area contributed by atoms with Crippen LogP contribution < -0.4 is 10.5 Å². The molecule has 2 N–H and O–H groups in total. The van der Waals surface area contributed by atoms with E-state index in [0.717, 1.165) is 30.9 Å². The quantitative estimate of drug-likeness (QED) is 0.846. The number of nitrogens with two attached hydrogens (primary N) is 1. The number of thioether (sulfide) groups is 1. The maximum Gasteiger partial charge on any atom is 0.129 e. The van der Waals surface area contributed by atoms with Crippen LogP contribution >= 0.6 is 24.0 Å². The van der Waals surface area contributed by atoms with Gasteiger partial charge in [0.2, 0.25) is 0 Å². The minimum Gasteiger partial charge on any atom is -0.492 e. The van der Waals surface area contributed by atoms with E-state index < -0.39 is 0 Å². The second-order valence-corrected chi connectivity index (χ2v) is 7.55. The van der Waals surface area contributed by atoms with Crippen molar-refractivity contribution < 1.29 is 4.74 Å². The van der Waals surface area contributed by atoms with Crippen LogP contribution in [0.2, 0.25) is 0 Å². The van der Waals surface area contributed by atoms with E-state index in [0.29, 0.717) is 22.1 Å². The average molecular weight is 310 g/mol. The molecule has 1 aliphatic heterocycles. The van der Waals surface area contributed by atoms with Crippen molar-refractivity contribution in [3.05, 3.63) is 29.8 Å². The van der Waals surface area contributed by atoms with E-state index in [4.69, 9.17) is 22.7 Å². The summed E-state index contributed by atoms with van der Waals surface area (Å²) in [5.41, 5.74) is 6.52. The maximum absolute atomic E-state index is 5.86. The zero-order valence-corrected chi connectivity index (χ0v) is 13.7. The molecule has 0 amide bonds. The van der Waals surface area contributed by atoms with Crippen molar-refractivity contribution in [3.63, 3.8) is 0 Å². The van der Waals surface area contributed by atoms with Gasteiger partial charge in [-0.25, -0.2) is 0 Å². The molecule has 1 saturated heterocycles. The van der Waals surface area contributed by atoms with Gasteiger partial charge in [-0.15, -0.1) is 0 Å². The molecule has 2 unspecified atom stereocenters. The fourth-order valence-corrected chi connectivity index (χ4v) is 4.10. The molecule has 1 aromatic rings. The Labute approximate surface area is 130 Å². The van der Waals surface area contributed by atoms with Crippen LogP contribution in [0.25, 0.3) is 0 Å². The van der Waals surface area contributed by atoms with E-state index >= 15 is 0 Å². The summed E-state index contributed by atoms with van der Waals surface area (Å²) < 4.78 is 5.86. The molecule has 0 spiro atoms. The summed E-state index contributed by atoms with van der Waals surface area (Å²) in [7, 11) is 0. The van der Waals surface area contributed by atoms with Crippen molar-refractivity contribution in [3.8, 4) is 5.75 Å². The lowest BCUT2D eigenvalue weighted by molar-refractivity contribution is 0.207. The summed E-state index contributed by atoms with van der Waals surface area (Å²) in [6.45, 7) is 8.46. The highest BCUT2D eigenvalue weighted by molar-refractivity contribution is 8.00. The van der Waals surface area contributed by atoms with E-state index in [1.54, 1.807) is 0 Å².